The van der Waals surface area contributed by atoms with Crippen LogP contribution in [0.5, 0.6) is 0 Å². The lowest BCUT2D eigenvalue weighted by Crippen LogP contribution is -2.12. The van der Waals surface area contributed by atoms with Gasteiger partial charge < -0.3 is 4.57 Å². The number of rotatable bonds is 3. The van der Waals surface area contributed by atoms with Gasteiger partial charge in [-0.3, -0.25) is 10.1 Å². The normalized spacial score (nSPS) is 11.6. The van der Waals surface area contributed by atoms with Gasteiger partial charge in [-0.2, -0.15) is 13.2 Å². The topological polar surface area (TPSA) is 61.0 Å². The molecule has 0 fully saturated rings. The molecule has 0 N–H and O–H groups in total. The molecule has 0 bridgehead atoms. The van der Waals surface area contributed by atoms with E-state index in [4.69, 9.17) is 0 Å². The lowest BCUT2D eigenvalue weighted by Gasteiger charge is -2.14. The molecule has 1 aromatic heterocycles. The highest BCUT2D eigenvalue weighted by molar-refractivity contribution is 5.50. The Morgan fingerprint density at radius 3 is 2.65 bits per heavy atom. The highest BCUT2D eigenvalue weighted by Crippen LogP contribution is 2.36. The number of nitro groups is 1. The fourth-order valence-electron chi connectivity index (χ4n) is 1.89. The molecule has 2 aromatic rings. The van der Waals surface area contributed by atoms with E-state index in [-0.39, 0.29) is 5.69 Å². The maximum Gasteiger partial charge on any atom is 0.418 e. The van der Waals surface area contributed by atoms with Crippen molar-refractivity contribution in [3.8, 4) is 5.69 Å². The highest BCUT2D eigenvalue weighted by atomic mass is 19.4. The second-order valence-corrected chi connectivity index (χ2v) is 4.02. The van der Waals surface area contributed by atoms with Crippen molar-refractivity contribution in [1.29, 1.82) is 0 Å². The first kappa shape index (κ1) is 14.0. The van der Waals surface area contributed by atoms with E-state index in [1.165, 1.54) is 17.0 Å². The molecule has 1 heterocycles. The van der Waals surface area contributed by atoms with Gasteiger partial charge in [-0.05, 0) is 6.07 Å². The molecule has 1 aromatic carbocycles. The smallest absolute Gasteiger partial charge is 0.303 e. The van der Waals surface area contributed by atoms with Crippen molar-refractivity contribution in [2.45, 2.75) is 19.5 Å². The molecule has 0 aliphatic carbocycles. The van der Waals surface area contributed by atoms with Crippen molar-refractivity contribution in [1.82, 2.24) is 9.55 Å². The van der Waals surface area contributed by atoms with E-state index >= 15 is 0 Å². The fourth-order valence-corrected chi connectivity index (χ4v) is 1.89. The van der Waals surface area contributed by atoms with Crippen LogP contribution in [0, 0.1) is 10.1 Å². The van der Waals surface area contributed by atoms with Crippen molar-refractivity contribution < 1.29 is 18.1 Å². The van der Waals surface area contributed by atoms with Gasteiger partial charge in [-0.1, -0.05) is 6.92 Å². The van der Waals surface area contributed by atoms with Crippen LogP contribution in [0.3, 0.4) is 0 Å². The molecule has 2 rings (SSSR count). The summed E-state index contributed by atoms with van der Waals surface area (Å²) in [6, 6.07) is 2.67. The SMILES string of the molecule is CCc1nccn1-c1ccc([N+](=O)[O-])cc1C(F)(F)F. The Balaban J connectivity index is 2.67. The van der Waals surface area contributed by atoms with Crippen LogP contribution in [0.1, 0.15) is 18.3 Å². The second-order valence-electron chi connectivity index (χ2n) is 4.02. The zero-order chi connectivity index (χ0) is 14.9. The number of hydrogen-bond donors (Lipinski definition) is 0. The van der Waals surface area contributed by atoms with Crippen LogP contribution >= 0.6 is 0 Å². The third-order valence-electron chi connectivity index (χ3n) is 2.79. The first-order chi connectivity index (χ1) is 9.34. The molecule has 5 nitrogen and oxygen atoms in total. The molecule has 0 atom stereocenters. The van der Waals surface area contributed by atoms with Crippen molar-refractivity contribution >= 4 is 5.69 Å². The van der Waals surface area contributed by atoms with Crippen molar-refractivity contribution in [2.24, 2.45) is 0 Å². The van der Waals surface area contributed by atoms with Gasteiger partial charge in [0, 0.05) is 30.9 Å². The minimum atomic E-state index is -4.68. The maximum atomic E-state index is 13.1. The molecule has 0 amide bonds. The zero-order valence-corrected chi connectivity index (χ0v) is 10.4. The molecular formula is C12H10F3N3O2. The number of nitro benzene ring substituents is 1. The maximum absolute atomic E-state index is 13.1. The minimum absolute atomic E-state index is 0.169. The van der Waals surface area contributed by atoms with Crippen molar-refractivity contribution in [3.63, 3.8) is 0 Å². The molecule has 0 saturated carbocycles. The van der Waals surface area contributed by atoms with Crippen LogP contribution < -0.4 is 0 Å². The summed E-state index contributed by atoms with van der Waals surface area (Å²) < 4.78 is 40.5. The van der Waals surface area contributed by atoms with Gasteiger partial charge in [-0.25, -0.2) is 4.98 Å². The van der Waals surface area contributed by atoms with Crippen LogP contribution in [0.4, 0.5) is 18.9 Å². The summed E-state index contributed by atoms with van der Waals surface area (Å²) in [4.78, 5) is 13.7. The predicted molar refractivity (Wildman–Crippen MR) is 64.6 cm³/mol. The van der Waals surface area contributed by atoms with Crippen LogP contribution in [-0.2, 0) is 12.6 Å². The third-order valence-corrected chi connectivity index (χ3v) is 2.79. The number of nitrogens with zero attached hydrogens (tertiary/aromatic N) is 3. The third kappa shape index (κ3) is 2.49. The van der Waals surface area contributed by atoms with Gasteiger partial charge in [0.2, 0.25) is 0 Å². The summed E-state index contributed by atoms with van der Waals surface area (Å²) in [5.74, 6) is 0.448. The minimum Gasteiger partial charge on any atom is -0.303 e. The van der Waals surface area contributed by atoms with E-state index in [1.54, 1.807) is 6.92 Å². The molecule has 106 valence electrons. The molecule has 0 aliphatic rings. The van der Waals surface area contributed by atoms with E-state index in [0.717, 1.165) is 12.1 Å². The van der Waals surface area contributed by atoms with Gasteiger partial charge in [0.05, 0.1) is 16.2 Å². The molecular weight excluding hydrogens is 275 g/mol. The fraction of sp³-hybridized carbons (Fsp3) is 0.250. The largest absolute Gasteiger partial charge is 0.418 e. The lowest BCUT2D eigenvalue weighted by atomic mass is 10.1. The van der Waals surface area contributed by atoms with Crippen molar-refractivity contribution in [3.05, 3.63) is 52.1 Å². The predicted octanol–water partition coefficient (Wildman–Crippen LogP) is 3.36. The van der Waals surface area contributed by atoms with Crippen LogP contribution in [0.25, 0.3) is 5.69 Å². The zero-order valence-electron chi connectivity index (χ0n) is 10.4. The first-order valence-corrected chi connectivity index (χ1v) is 5.72. The van der Waals surface area contributed by atoms with Gasteiger partial charge in [-0.15, -0.1) is 0 Å². The summed E-state index contributed by atoms with van der Waals surface area (Å²) in [5.41, 5.74) is -1.82. The van der Waals surface area contributed by atoms with Crippen LogP contribution in [0.2, 0.25) is 0 Å². The van der Waals surface area contributed by atoms with E-state index < -0.39 is 22.4 Å². The number of imidazole rings is 1. The van der Waals surface area contributed by atoms with E-state index in [1.807, 2.05) is 0 Å². The molecule has 0 aliphatic heterocycles. The first-order valence-electron chi connectivity index (χ1n) is 5.72. The van der Waals surface area contributed by atoms with E-state index in [0.29, 0.717) is 18.3 Å². The Morgan fingerprint density at radius 2 is 2.10 bits per heavy atom. The van der Waals surface area contributed by atoms with Crippen LogP contribution in [0.15, 0.2) is 30.6 Å². The quantitative estimate of drug-likeness (QED) is 0.641. The summed E-state index contributed by atoms with van der Waals surface area (Å²) >= 11 is 0. The average molecular weight is 285 g/mol. The van der Waals surface area contributed by atoms with Crippen molar-refractivity contribution in [2.75, 3.05) is 0 Å². The average Bonchev–Trinajstić information content (AvgIpc) is 2.85. The van der Waals surface area contributed by atoms with Gasteiger partial charge in [0.1, 0.15) is 5.82 Å². The van der Waals surface area contributed by atoms with Gasteiger partial charge >= 0.3 is 6.18 Å². The molecule has 0 saturated heterocycles. The number of alkyl halides is 3. The molecule has 0 spiro atoms. The second kappa shape index (κ2) is 4.95. The molecule has 20 heavy (non-hydrogen) atoms. The summed E-state index contributed by atoms with van der Waals surface area (Å²) in [6.45, 7) is 1.76. The molecule has 0 unspecified atom stereocenters. The Kier molecular flexibility index (Phi) is 3.47. The summed E-state index contributed by atoms with van der Waals surface area (Å²) in [6.07, 6.45) is -1.45. The van der Waals surface area contributed by atoms with Gasteiger partial charge in [0.15, 0.2) is 0 Å². The highest BCUT2D eigenvalue weighted by Gasteiger charge is 2.36. The number of non-ortho nitro benzene ring substituents is 1. The van der Waals surface area contributed by atoms with Gasteiger partial charge in [0.25, 0.3) is 5.69 Å². The van der Waals surface area contributed by atoms with E-state index in [9.17, 15) is 23.3 Å². The molecule has 0 radical (unpaired) electrons. The summed E-state index contributed by atoms with van der Waals surface area (Å²) in [7, 11) is 0. The Hall–Kier alpha value is -2.38. The number of benzene rings is 1. The number of hydrogen-bond acceptors (Lipinski definition) is 3. The standard InChI is InChI=1S/C12H10F3N3O2/c1-2-11-16-5-6-17(11)10-4-3-8(18(19)20)7-9(10)12(13,14)15/h3-7H,2H2,1H3. The number of aryl methyl sites for hydroxylation is 1. The Labute approximate surface area is 111 Å². The Bertz CT molecular complexity index is 650. The Morgan fingerprint density at radius 1 is 1.40 bits per heavy atom. The number of aromatic nitrogens is 2. The number of halogens is 3. The monoisotopic (exact) mass is 285 g/mol. The summed E-state index contributed by atoms with van der Waals surface area (Å²) in [5, 5.41) is 10.6. The van der Waals surface area contributed by atoms with Crippen LogP contribution in [-0.4, -0.2) is 14.5 Å². The van der Waals surface area contributed by atoms with E-state index in [2.05, 4.69) is 4.98 Å². The molecule has 8 heteroatoms. The lowest BCUT2D eigenvalue weighted by molar-refractivity contribution is -0.385.